The van der Waals surface area contributed by atoms with E-state index in [-0.39, 0.29) is 12.7 Å². The highest BCUT2D eigenvalue weighted by Crippen LogP contribution is 2.11. The van der Waals surface area contributed by atoms with Gasteiger partial charge in [-0.25, -0.2) is 0 Å². The van der Waals surface area contributed by atoms with E-state index in [1.165, 1.54) is 83.5 Å². The maximum Gasteiger partial charge on any atom is 0.394 e. The number of unbranched alkanes of at least 4 members (excludes halogenated alkanes) is 12. The fourth-order valence-electron chi connectivity index (χ4n) is 2.99. The van der Waals surface area contributed by atoms with Gasteiger partial charge in [0.15, 0.2) is 0 Å². The lowest BCUT2D eigenvalue weighted by molar-refractivity contribution is 0.0170. The average molecular weight is 500 g/mol. The molecule has 1 unspecified atom stereocenters. The maximum atomic E-state index is 9.68. The molecule has 0 amide bonds. The Morgan fingerprint density at radius 2 is 1.21 bits per heavy atom. The van der Waals surface area contributed by atoms with Gasteiger partial charge in [0.25, 0.3) is 0 Å². The van der Waals surface area contributed by atoms with Crippen molar-refractivity contribution in [1.82, 2.24) is 0 Å². The van der Waals surface area contributed by atoms with E-state index in [2.05, 4.69) is 19.1 Å². The van der Waals surface area contributed by atoms with Crippen LogP contribution in [0.25, 0.3) is 0 Å². The second-order valence-electron chi connectivity index (χ2n) is 8.03. The molecule has 6 N–H and O–H groups in total. The van der Waals surface area contributed by atoms with Crippen LogP contribution in [-0.2, 0) is 15.1 Å². The van der Waals surface area contributed by atoms with Crippen molar-refractivity contribution in [2.24, 2.45) is 5.73 Å². The molecule has 0 saturated carbocycles. The van der Waals surface area contributed by atoms with Crippen LogP contribution in [0.1, 0.15) is 110 Å². The molecule has 0 radical (unpaired) electrons. The Kier molecular flexibility index (Phi) is 35.3. The average Bonchev–Trinajstić information content (AvgIpc) is 2.73. The summed E-state index contributed by atoms with van der Waals surface area (Å²) >= 11 is 0. The van der Waals surface area contributed by atoms with Gasteiger partial charge in [-0.05, 0) is 38.6 Å². The molecular weight excluding hydrogens is 446 g/mol. The molecule has 33 heavy (non-hydrogen) atoms. The van der Waals surface area contributed by atoms with Crippen molar-refractivity contribution in [3.8, 4) is 0 Å². The van der Waals surface area contributed by atoms with Gasteiger partial charge >= 0.3 is 10.4 Å². The highest BCUT2D eigenvalue weighted by atomic mass is 32.3. The molecule has 0 bridgehead atoms. The van der Waals surface area contributed by atoms with E-state index in [0.717, 1.165) is 19.4 Å². The Bertz CT molecular complexity index is 465. The fourth-order valence-corrected chi connectivity index (χ4v) is 2.99. The quantitative estimate of drug-likeness (QED) is 0.0882. The summed E-state index contributed by atoms with van der Waals surface area (Å²) in [7, 11) is -4.67. The standard InChI is InChI=1S/C22H44O3.C2H7N.H2O4S/c1-2-3-4-5-6-7-8-9-10-11-12-13-14-15-16-17-18-22(24)21-25-20-19-23;1-2-3;1-5(2,3)4/h9-10,22-24H,2-8,11-21H2,1H3;2-3H2,1H3;(H2,1,2,3,4). The van der Waals surface area contributed by atoms with Crippen LogP contribution in [0.3, 0.4) is 0 Å². The Balaban J connectivity index is -0.000000963. The van der Waals surface area contributed by atoms with Crippen molar-refractivity contribution < 1.29 is 32.5 Å². The number of allylic oxidation sites excluding steroid dienone is 2. The van der Waals surface area contributed by atoms with Crippen LogP contribution < -0.4 is 5.73 Å². The summed E-state index contributed by atoms with van der Waals surface area (Å²) in [5, 5.41) is 18.3. The van der Waals surface area contributed by atoms with Crippen LogP contribution in [0.5, 0.6) is 0 Å². The van der Waals surface area contributed by atoms with Crippen LogP contribution in [-0.4, -0.2) is 60.2 Å². The minimum Gasteiger partial charge on any atom is -0.394 e. The van der Waals surface area contributed by atoms with Gasteiger partial charge in [-0.3, -0.25) is 9.11 Å². The van der Waals surface area contributed by atoms with E-state index in [4.69, 9.17) is 33.1 Å². The Hall–Kier alpha value is -0.550. The van der Waals surface area contributed by atoms with E-state index in [9.17, 15) is 5.11 Å². The van der Waals surface area contributed by atoms with Crippen molar-refractivity contribution in [3.05, 3.63) is 12.2 Å². The molecule has 0 aromatic rings. The number of rotatable bonds is 20. The summed E-state index contributed by atoms with van der Waals surface area (Å²) in [6.45, 7) is 5.63. The fraction of sp³-hybridized carbons (Fsp3) is 0.917. The number of ether oxygens (including phenoxy) is 1. The second kappa shape index (κ2) is 31.5. The molecule has 1 atom stereocenters. The molecule has 0 spiro atoms. The smallest absolute Gasteiger partial charge is 0.394 e. The minimum atomic E-state index is -4.67. The molecule has 0 rings (SSSR count). The van der Waals surface area contributed by atoms with Crippen LogP contribution in [0.4, 0.5) is 0 Å². The first-order valence-electron chi connectivity index (χ1n) is 12.6. The van der Waals surface area contributed by atoms with Gasteiger partial charge in [0, 0.05) is 0 Å². The Morgan fingerprint density at radius 1 is 0.818 bits per heavy atom. The summed E-state index contributed by atoms with van der Waals surface area (Å²) in [5.41, 5.74) is 4.85. The molecule has 0 fully saturated rings. The summed E-state index contributed by atoms with van der Waals surface area (Å²) in [6.07, 6.45) is 23.5. The van der Waals surface area contributed by atoms with Crippen molar-refractivity contribution in [2.75, 3.05) is 26.4 Å². The van der Waals surface area contributed by atoms with Gasteiger partial charge < -0.3 is 20.7 Å². The highest BCUT2D eigenvalue weighted by Gasteiger charge is 2.03. The third-order valence-corrected chi connectivity index (χ3v) is 4.60. The zero-order valence-electron chi connectivity index (χ0n) is 21.2. The molecule has 0 heterocycles. The molecule has 202 valence electrons. The zero-order chi connectivity index (χ0) is 25.6. The second-order valence-corrected chi connectivity index (χ2v) is 8.93. The van der Waals surface area contributed by atoms with Crippen molar-refractivity contribution in [2.45, 2.75) is 116 Å². The number of hydrogen-bond donors (Lipinski definition) is 5. The van der Waals surface area contributed by atoms with Gasteiger partial charge in [-0.1, -0.05) is 90.2 Å². The molecule has 0 saturated heterocycles. The summed E-state index contributed by atoms with van der Waals surface area (Å²) in [6, 6.07) is 0. The van der Waals surface area contributed by atoms with Gasteiger partial charge in [0.2, 0.25) is 0 Å². The summed E-state index contributed by atoms with van der Waals surface area (Å²) in [4.78, 5) is 0. The number of aliphatic hydroxyl groups is 2. The normalized spacial score (nSPS) is 12.1. The Morgan fingerprint density at radius 3 is 1.64 bits per heavy atom. The van der Waals surface area contributed by atoms with Crippen LogP contribution >= 0.6 is 0 Å². The van der Waals surface area contributed by atoms with E-state index < -0.39 is 10.4 Å². The minimum absolute atomic E-state index is 0.0287. The van der Waals surface area contributed by atoms with Crippen molar-refractivity contribution in [3.63, 3.8) is 0 Å². The monoisotopic (exact) mass is 499 g/mol. The first kappa shape index (κ1) is 37.0. The molecule has 0 aliphatic carbocycles. The molecular formula is C24H53NO7S. The lowest BCUT2D eigenvalue weighted by atomic mass is 10.1. The lowest BCUT2D eigenvalue weighted by Gasteiger charge is -2.10. The summed E-state index contributed by atoms with van der Waals surface area (Å²) < 4.78 is 36.7. The predicted octanol–water partition coefficient (Wildman–Crippen LogP) is 5.10. The SMILES string of the molecule is CCCCCCCCC=CCCCCCCCCC(O)COCCO.CCN.O=S(=O)(O)O. The first-order chi connectivity index (χ1) is 15.7. The molecule has 0 aromatic carbocycles. The van der Waals surface area contributed by atoms with Gasteiger partial charge in [0.05, 0.1) is 25.9 Å². The predicted molar refractivity (Wildman–Crippen MR) is 137 cm³/mol. The van der Waals surface area contributed by atoms with Gasteiger partial charge in [-0.15, -0.1) is 0 Å². The van der Waals surface area contributed by atoms with Crippen molar-refractivity contribution in [1.29, 1.82) is 0 Å². The van der Waals surface area contributed by atoms with Crippen LogP contribution in [0, 0.1) is 0 Å². The molecule has 0 aliphatic heterocycles. The van der Waals surface area contributed by atoms with Gasteiger partial charge in [-0.2, -0.15) is 8.42 Å². The number of hydrogen-bond acceptors (Lipinski definition) is 6. The van der Waals surface area contributed by atoms with E-state index >= 15 is 0 Å². The highest BCUT2D eigenvalue weighted by molar-refractivity contribution is 7.79. The van der Waals surface area contributed by atoms with E-state index in [0.29, 0.717) is 13.2 Å². The number of aliphatic hydroxyl groups excluding tert-OH is 2. The molecule has 9 heteroatoms. The van der Waals surface area contributed by atoms with E-state index in [1.807, 2.05) is 6.92 Å². The molecule has 8 nitrogen and oxygen atoms in total. The van der Waals surface area contributed by atoms with Crippen molar-refractivity contribution >= 4 is 10.4 Å². The van der Waals surface area contributed by atoms with Crippen LogP contribution in [0.15, 0.2) is 12.2 Å². The maximum absolute atomic E-state index is 9.68. The molecule has 0 aromatic heterocycles. The van der Waals surface area contributed by atoms with E-state index in [1.54, 1.807) is 0 Å². The third-order valence-electron chi connectivity index (χ3n) is 4.60. The topological polar surface area (TPSA) is 150 Å². The zero-order valence-corrected chi connectivity index (χ0v) is 22.0. The summed E-state index contributed by atoms with van der Waals surface area (Å²) in [5.74, 6) is 0. The molecule has 0 aliphatic rings. The van der Waals surface area contributed by atoms with Crippen LogP contribution in [0.2, 0.25) is 0 Å². The Labute approximate surface area is 203 Å². The largest absolute Gasteiger partial charge is 0.394 e. The first-order valence-corrected chi connectivity index (χ1v) is 14.0. The third kappa shape index (κ3) is 54.1. The number of nitrogens with two attached hydrogens (primary N) is 1. The lowest BCUT2D eigenvalue weighted by Crippen LogP contribution is -2.16. The van der Waals surface area contributed by atoms with Gasteiger partial charge in [0.1, 0.15) is 0 Å².